The minimum Gasteiger partial charge on any atom is -0.500 e. The van der Waals surface area contributed by atoms with Crippen LogP contribution < -0.4 is 0 Å². The predicted molar refractivity (Wildman–Crippen MR) is 69.2 cm³/mol. The molecule has 0 saturated heterocycles. The molecule has 0 radical (unpaired) electrons. The lowest BCUT2D eigenvalue weighted by Gasteiger charge is -2.38. The van der Waals surface area contributed by atoms with Crippen LogP contribution in [-0.2, 0) is 23.7 Å². The molecule has 0 heterocycles. The summed E-state index contributed by atoms with van der Waals surface area (Å²) in [6, 6.07) is 0. The van der Waals surface area contributed by atoms with Crippen LogP contribution in [0.25, 0.3) is 0 Å². The van der Waals surface area contributed by atoms with Crippen LogP contribution in [0.1, 0.15) is 0 Å². The third kappa shape index (κ3) is 2.60. The number of hydrogen-bond donors (Lipinski definition) is 0. The Morgan fingerprint density at radius 2 is 1.94 bits per heavy atom. The maximum atomic E-state index is 12.0. The van der Waals surface area contributed by atoms with Gasteiger partial charge in [0.25, 0.3) is 0 Å². The summed E-state index contributed by atoms with van der Waals surface area (Å²) in [5.41, 5.74) is 0. The molecule has 1 aliphatic carbocycles. The van der Waals surface area contributed by atoms with E-state index in [2.05, 4.69) is 15.9 Å². The van der Waals surface area contributed by atoms with Crippen LogP contribution in [0.4, 0.5) is 0 Å². The second-order valence-electron chi connectivity index (χ2n) is 3.72. The normalized spacial score (nSPS) is 27.0. The first-order valence-corrected chi connectivity index (χ1v) is 6.10. The standard InChI is InChI=1S/C12H17BrO5/c1-15-8-6-5-7-12(13,11(17-3)18-4)9(8)10(14)16-2/h5-7,9,11H,1-4H3. The number of methoxy groups -OCH3 is 4. The summed E-state index contributed by atoms with van der Waals surface area (Å²) in [7, 11) is 5.84. The molecule has 102 valence electrons. The number of halogens is 1. The molecule has 0 spiro atoms. The topological polar surface area (TPSA) is 54.0 Å². The molecule has 0 saturated carbocycles. The molecular formula is C12H17BrO5. The fourth-order valence-corrected chi connectivity index (χ4v) is 2.91. The van der Waals surface area contributed by atoms with Gasteiger partial charge in [-0.1, -0.05) is 28.1 Å². The Bertz CT molecular complexity index is 361. The SMILES string of the molecule is COC(=O)C1C(OC)=CC=CC1(Br)C(OC)OC. The van der Waals surface area contributed by atoms with Gasteiger partial charge in [0.05, 0.1) is 14.2 Å². The summed E-state index contributed by atoms with van der Waals surface area (Å²) >= 11 is 3.51. The van der Waals surface area contributed by atoms with Crippen molar-refractivity contribution >= 4 is 21.9 Å². The Morgan fingerprint density at radius 1 is 1.33 bits per heavy atom. The number of rotatable bonds is 5. The van der Waals surface area contributed by atoms with Gasteiger partial charge < -0.3 is 18.9 Å². The van der Waals surface area contributed by atoms with Gasteiger partial charge in [-0.15, -0.1) is 0 Å². The van der Waals surface area contributed by atoms with E-state index in [0.29, 0.717) is 5.76 Å². The summed E-state index contributed by atoms with van der Waals surface area (Å²) in [5, 5.41) is 0. The highest BCUT2D eigenvalue weighted by Gasteiger charge is 2.50. The molecule has 2 unspecified atom stereocenters. The molecule has 0 amide bonds. The maximum absolute atomic E-state index is 12.0. The van der Waals surface area contributed by atoms with Gasteiger partial charge in [-0.05, 0) is 6.08 Å². The van der Waals surface area contributed by atoms with Gasteiger partial charge in [-0.3, -0.25) is 4.79 Å². The van der Waals surface area contributed by atoms with Gasteiger partial charge in [0.2, 0.25) is 0 Å². The minimum atomic E-state index is -0.871. The monoisotopic (exact) mass is 320 g/mol. The van der Waals surface area contributed by atoms with Crippen LogP contribution >= 0.6 is 15.9 Å². The van der Waals surface area contributed by atoms with Crippen molar-refractivity contribution in [2.45, 2.75) is 10.6 Å². The molecule has 0 aromatic carbocycles. The highest BCUT2D eigenvalue weighted by atomic mass is 79.9. The summed E-state index contributed by atoms with van der Waals surface area (Å²) in [4.78, 5) is 12.0. The summed E-state index contributed by atoms with van der Waals surface area (Å²) in [6.45, 7) is 0. The quantitative estimate of drug-likeness (QED) is 0.438. The minimum absolute atomic E-state index is 0.427. The number of carbonyl (C=O) groups is 1. The molecule has 2 atom stereocenters. The van der Waals surface area contributed by atoms with Gasteiger partial charge in [-0.25, -0.2) is 0 Å². The van der Waals surface area contributed by atoms with Gasteiger partial charge in [0, 0.05) is 14.2 Å². The predicted octanol–water partition coefficient (Wildman–Crippen LogP) is 1.63. The third-order valence-electron chi connectivity index (χ3n) is 2.80. The number of alkyl halides is 1. The van der Waals surface area contributed by atoms with Crippen LogP contribution in [0.2, 0.25) is 0 Å². The molecular weight excluding hydrogens is 304 g/mol. The van der Waals surface area contributed by atoms with E-state index in [0.717, 1.165) is 0 Å². The molecule has 0 aromatic heterocycles. The maximum Gasteiger partial charge on any atom is 0.318 e. The van der Waals surface area contributed by atoms with E-state index in [1.807, 2.05) is 0 Å². The van der Waals surface area contributed by atoms with E-state index < -0.39 is 22.5 Å². The smallest absolute Gasteiger partial charge is 0.318 e. The first kappa shape index (κ1) is 15.2. The molecule has 5 nitrogen and oxygen atoms in total. The number of ether oxygens (including phenoxy) is 4. The van der Waals surface area contributed by atoms with E-state index in [-0.39, 0.29) is 0 Å². The van der Waals surface area contributed by atoms with Crippen molar-refractivity contribution in [1.82, 2.24) is 0 Å². The van der Waals surface area contributed by atoms with Crippen molar-refractivity contribution in [1.29, 1.82) is 0 Å². The number of carbonyl (C=O) groups excluding carboxylic acids is 1. The highest BCUT2D eigenvalue weighted by molar-refractivity contribution is 9.10. The van der Waals surface area contributed by atoms with Crippen LogP contribution in [0.15, 0.2) is 24.0 Å². The van der Waals surface area contributed by atoms with Crippen molar-refractivity contribution in [2.75, 3.05) is 28.4 Å². The largest absolute Gasteiger partial charge is 0.500 e. The zero-order chi connectivity index (χ0) is 13.8. The Hall–Kier alpha value is -0.850. The lowest BCUT2D eigenvalue weighted by atomic mass is 9.85. The molecule has 0 aromatic rings. The van der Waals surface area contributed by atoms with Gasteiger partial charge in [0.1, 0.15) is 16.0 Å². The van der Waals surface area contributed by atoms with E-state index >= 15 is 0 Å². The third-order valence-corrected chi connectivity index (χ3v) is 3.90. The molecule has 0 aliphatic heterocycles. The molecule has 6 heteroatoms. The first-order valence-electron chi connectivity index (χ1n) is 5.30. The fourth-order valence-electron chi connectivity index (χ4n) is 1.97. The highest BCUT2D eigenvalue weighted by Crippen LogP contribution is 2.42. The van der Waals surface area contributed by atoms with Crippen LogP contribution in [-0.4, -0.2) is 45.0 Å². The summed E-state index contributed by atoms with van der Waals surface area (Å²) in [5.74, 6) is -0.619. The molecule has 0 fully saturated rings. The Balaban J connectivity index is 3.19. The summed E-state index contributed by atoms with van der Waals surface area (Å²) in [6.07, 6.45) is 4.62. The van der Waals surface area contributed by atoms with Crippen molar-refractivity contribution in [3.05, 3.63) is 24.0 Å². The molecule has 1 rings (SSSR count). The average molecular weight is 321 g/mol. The van der Waals surface area contributed by atoms with Crippen LogP contribution in [0, 0.1) is 5.92 Å². The van der Waals surface area contributed by atoms with E-state index in [1.165, 1.54) is 28.4 Å². The lowest BCUT2D eigenvalue weighted by molar-refractivity contribution is -0.157. The van der Waals surface area contributed by atoms with Crippen molar-refractivity contribution in [2.24, 2.45) is 5.92 Å². The summed E-state index contributed by atoms with van der Waals surface area (Å²) < 4.78 is 19.7. The molecule has 1 aliphatic rings. The number of allylic oxidation sites excluding steroid dienone is 2. The lowest BCUT2D eigenvalue weighted by Crippen LogP contribution is -2.49. The molecule has 18 heavy (non-hydrogen) atoms. The van der Waals surface area contributed by atoms with E-state index in [9.17, 15) is 4.79 Å². The van der Waals surface area contributed by atoms with E-state index in [1.54, 1.807) is 18.2 Å². The van der Waals surface area contributed by atoms with Crippen LogP contribution in [0.3, 0.4) is 0 Å². The number of esters is 1. The van der Waals surface area contributed by atoms with Crippen molar-refractivity contribution < 1.29 is 23.7 Å². The zero-order valence-corrected chi connectivity index (χ0v) is 12.4. The average Bonchev–Trinajstić information content (AvgIpc) is 2.38. The Morgan fingerprint density at radius 3 is 2.39 bits per heavy atom. The Labute approximate surface area is 115 Å². The molecule has 0 bridgehead atoms. The fraction of sp³-hybridized carbons (Fsp3) is 0.583. The second kappa shape index (κ2) is 6.36. The zero-order valence-electron chi connectivity index (χ0n) is 10.8. The van der Waals surface area contributed by atoms with Crippen molar-refractivity contribution in [3.63, 3.8) is 0 Å². The molecule has 0 N–H and O–H groups in total. The second-order valence-corrected chi connectivity index (χ2v) is 5.09. The van der Waals surface area contributed by atoms with Gasteiger partial charge >= 0.3 is 5.97 Å². The van der Waals surface area contributed by atoms with Gasteiger partial charge in [0.15, 0.2) is 6.29 Å². The van der Waals surface area contributed by atoms with Crippen molar-refractivity contribution in [3.8, 4) is 0 Å². The van der Waals surface area contributed by atoms with Gasteiger partial charge in [-0.2, -0.15) is 0 Å². The first-order chi connectivity index (χ1) is 8.54. The Kier molecular flexibility index (Phi) is 5.37. The van der Waals surface area contributed by atoms with Crippen LogP contribution in [0.5, 0.6) is 0 Å². The number of hydrogen-bond acceptors (Lipinski definition) is 5. The van der Waals surface area contributed by atoms with E-state index in [4.69, 9.17) is 18.9 Å².